The average Bonchev–Trinajstić information content (AvgIpc) is 2.08. The van der Waals surface area contributed by atoms with Crippen LogP contribution in [0.2, 0.25) is 0 Å². The van der Waals surface area contributed by atoms with Crippen molar-refractivity contribution in [2.45, 2.75) is 12.8 Å². The largest absolute Gasteiger partial charge is 0.508 e. The SMILES string of the molecule is CC(CBr)c1cc(O)ccc1O. The number of halogens is 1. The Kier molecular flexibility index (Phi) is 2.98. The van der Waals surface area contributed by atoms with Gasteiger partial charge >= 0.3 is 0 Å². The highest BCUT2D eigenvalue weighted by atomic mass is 79.9. The summed E-state index contributed by atoms with van der Waals surface area (Å²) in [5.41, 5.74) is 0.770. The molecule has 0 fully saturated rings. The highest BCUT2D eigenvalue weighted by Gasteiger charge is 2.09. The van der Waals surface area contributed by atoms with Crippen molar-refractivity contribution in [1.29, 1.82) is 0 Å². The van der Waals surface area contributed by atoms with Crippen LogP contribution in [0.3, 0.4) is 0 Å². The van der Waals surface area contributed by atoms with Crippen molar-refractivity contribution in [3.63, 3.8) is 0 Å². The molecule has 0 radical (unpaired) electrons. The van der Waals surface area contributed by atoms with Crippen molar-refractivity contribution < 1.29 is 10.2 Å². The molecule has 12 heavy (non-hydrogen) atoms. The van der Waals surface area contributed by atoms with Crippen LogP contribution in [-0.2, 0) is 0 Å². The van der Waals surface area contributed by atoms with Crippen LogP contribution < -0.4 is 0 Å². The van der Waals surface area contributed by atoms with Crippen LogP contribution in [0.5, 0.6) is 11.5 Å². The summed E-state index contributed by atoms with van der Waals surface area (Å²) < 4.78 is 0. The van der Waals surface area contributed by atoms with E-state index in [-0.39, 0.29) is 17.4 Å². The highest BCUT2D eigenvalue weighted by Crippen LogP contribution is 2.29. The third-order valence-electron chi connectivity index (χ3n) is 1.77. The summed E-state index contributed by atoms with van der Waals surface area (Å²) in [5.74, 6) is 0.632. The molecule has 2 nitrogen and oxygen atoms in total. The van der Waals surface area contributed by atoms with E-state index in [0.717, 1.165) is 10.9 Å². The fourth-order valence-electron chi connectivity index (χ4n) is 1.02. The minimum atomic E-state index is 0.190. The molecule has 1 unspecified atom stereocenters. The van der Waals surface area contributed by atoms with Crippen LogP contribution in [0, 0.1) is 0 Å². The zero-order chi connectivity index (χ0) is 9.14. The van der Waals surface area contributed by atoms with Gasteiger partial charge in [-0.25, -0.2) is 0 Å². The fraction of sp³-hybridized carbons (Fsp3) is 0.333. The average molecular weight is 231 g/mol. The van der Waals surface area contributed by atoms with E-state index >= 15 is 0 Å². The Balaban J connectivity index is 3.04. The van der Waals surface area contributed by atoms with Crippen LogP contribution in [-0.4, -0.2) is 15.5 Å². The van der Waals surface area contributed by atoms with Gasteiger partial charge in [-0.05, 0) is 24.1 Å². The molecule has 1 rings (SSSR count). The van der Waals surface area contributed by atoms with Crippen LogP contribution in [0.1, 0.15) is 18.4 Å². The summed E-state index contributed by atoms with van der Waals surface area (Å²) in [6, 6.07) is 4.56. The molecular formula is C9H11BrO2. The van der Waals surface area contributed by atoms with Gasteiger partial charge in [0.05, 0.1) is 0 Å². The molecule has 0 aromatic heterocycles. The van der Waals surface area contributed by atoms with E-state index in [0.29, 0.717) is 0 Å². The molecule has 1 aromatic rings. The van der Waals surface area contributed by atoms with Gasteiger partial charge in [0.25, 0.3) is 0 Å². The molecule has 0 heterocycles. The first-order valence-corrected chi connectivity index (χ1v) is 4.85. The first kappa shape index (κ1) is 9.39. The number of alkyl halides is 1. The Labute approximate surface area is 80.0 Å². The number of hydrogen-bond donors (Lipinski definition) is 2. The molecular weight excluding hydrogens is 220 g/mol. The third kappa shape index (κ3) is 1.91. The molecule has 0 saturated heterocycles. The molecule has 1 atom stereocenters. The van der Waals surface area contributed by atoms with Crippen molar-refractivity contribution in [1.82, 2.24) is 0 Å². The Hall–Kier alpha value is -0.700. The lowest BCUT2D eigenvalue weighted by atomic mass is 10.0. The van der Waals surface area contributed by atoms with E-state index in [9.17, 15) is 5.11 Å². The van der Waals surface area contributed by atoms with Crippen molar-refractivity contribution in [2.24, 2.45) is 0 Å². The second-order valence-corrected chi connectivity index (χ2v) is 3.45. The number of phenolic OH excluding ortho intramolecular Hbond substituents is 2. The van der Waals surface area contributed by atoms with Crippen LogP contribution in [0.25, 0.3) is 0 Å². The van der Waals surface area contributed by atoms with Gasteiger partial charge in [-0.3, -0.25) is 0 Å². The molecule has 0 spiro atoms. The molecule has 0 aliphatic rings. The van der Waals surface area contributed by atoms with Gasteiger partial charge in [0.15, 0.2) is 0 Å². The maximum atomic E-state index is 9.40. The molecule has 1 aromatic carbocycles. The molecule has 0 bridgehead atoms. The zero-order valence-electron chi connectivity index (χ0n) is 6.79. The molecule has 0 aliphatic carbocycles. The van der Waals surface area contributed by atoms with Gasteiger partial charge in [-0.15, -0.1) is 0 Å². The van der Waals surface area contributed by atoms with Crippen molar-refractivity contribution in [3.05, 3.63) is 23.8 Å². The molecule has 66 valence electrons. The highest BCUT2D eigenvalue weighted by molar-refractivity contribution is 9.09. The predicted molar refractivity (Wildman–Crippen MR) is 52.0 cm³/mol. The normalized spacial score (nSPS) is 12.8. The Morgan fingerprint density at radius 2 is 2.08 bits per heavy atom. The van der Waals surface area contributed by atoms with E-state index in [1.54, 1.807) is 6.07 Å². The van der Waals surface area contributed by atoms with Gasteiger partial charge in [-0.2, -0.15) is 0 Å². The lowest BCUT2D eigenvalue weighted by Crippen LogP contribution is -1.94. The maximum absolute atomic E-state index is 9.40. The number of aromatic hydroxyl groups is 2. The standard InChI is InChI=1S/C9H11BrO2/c1-6(5-10)8-4-7(11)2-3-9(8)12/h2-4,6,11-12H,5H2,1H3. The Morgan fingerprint density at radius 3 is 2.67 bits per heavy atom. The molecule has 0 saturated carbocycles. The minimum absolute atomic E-state index is 0.190. The van der Waals surface area contributed by atoms with Crippen LogP contribution >= 0.6 is 15.9 Å². The monoisotopic (exact) mass is 230 g/mol. The van der Waals surface area contributed by atoms with Gasteiger partial charge in [0.1, 0.15) is 11.5 Å². The topological polar surface area (TPSA) is 40.5 Å². The van der Waals surface area contributed by atoms with Gasteiger partial charge < -0.3 is 10.2 Å². The lowest BCUT2D eigenvalue weighted by molar-refractivity contribution is 0.451. The summed E-state index contributed by atoms with van der Waals surface area (Å²) in [4.78, 5) is 0. The van der Waals surface area contributed by atoms with Gasteiger partial charge in [0, 0.05) is 10.9 Å². The van der Waals surface area contributed by atoms with Gasteiger partial charge in [0.2, 0.25) is 0 Å². The molecule has 0 aliphatic heterocycles. The van der Waals surface area contributed by atoms with Crippen LogP contribution in [0.15, 0.2) is 18.2 Å². The summed E-state index contributed by atoms with van der Waals surface area (Å²) in [6.07, 6.45) is 0. The summed E-state index contributed by atoms with van der Waals surface area (Å²) in [6.45, 7) is 1.98. The van der Waals surface area contributed by atoms with E-state index in [1.807, 2.05) is 6.92 Å². The second kappa shape index (κ2) is 3.81. The minimum Gasteiger partial charge on any atom is -0.508 e. The number of rotatable bonds is 2. The number of phenols is 2. The first-order chi connectivity index (χ1) is 5.65. The van der Waals surface area contributed by atoms with Crippen molar-refractivity contribution in [3.8, 4) is 11.5 Å². The van der Waals surface area contributed by atoms with Crippen LogP contribution in [0.4, 0.5) is 0 Å². The molecule has 0 amide bonds. The fourth-order valence-corrected chi connectivity index (χ4v) is 1.37. The van der Waals surface area contributed by atoms with E-state index in [2.05, 4.69) is 15.9 Å². The zero-order valence-corrected chi connectivity index (χ0v) is 8.37. The molecule has 3 heteroatoms. The number of benzene rings is 1. The summed E-state index contributed by atoms with van der Waals surface area (Å²) in [7, 11) is 0. The Morgan fingerprint density at radius 1 is 1.42 bits per heavy atom. The number of hydrogen-bond acceptors (Lipinski definition) is 2. The third-order valence-corrected chi connectivity index (χ3v) is 2.74. The quantitative estimate of drug-likeness (QED) is 0.606. The maximum Gasteiger partial charge on any atom is 0.119 e. The second-order valence-electron chi connectivity index (χ2n) is 2.80. The first-order valence-electron chi connectivity index (χ1n) is 3.73. The van der Waals surface area contributed by atoms with E-state index in [1.165, 1.54) is 12.1 Å². The predicted octanol–water partition coefficient (Wildman–Crippen LogP) is 2.60. The Bertz CT molecular complexity index is 273. The van der Waals surface area contributed by atoms with E-state index in [4.69, 9.17) is 5.11 Å². The van der Waals surface area contributed by atoms with E-state index < -0.39 is 0 Å². The smallest absolute Gasteiger partial charge is 0.119 e. The molecule has 2 N–H and O–H groups in total. The lowest BCUT2D eigenvalue weighted by Gasteiger charge is -2.10. The van der Waals surface area contributed by atoms with Crippen molar-refractivity contribution in [2.75, 3.05) is 5.33 Å². The van der Waals surface area contributed by atoms with Gasteiger partial charge in [-0.1, -0.05) is 22.9 Å². The summed E-state index contributed by atoms with van der Waals surface area (Å²) in [5, 5.41) is 19.3. The summed E-state index contributed by atoms with van der Waals surface area (Å²) >= 11 is 3.32. The van der Waals surface area contributed by atoms with Crippen molar-refractivity contribution >= 4 is 15.9 Å².